The van der Waals surface area contributed by atoms with E-state index in [0.717, 1.165) is 11.5 Å². The zero-order valence-corrected chi connectivity index (χ0v) is 19.9. The number of nitrogens with zero attached hydrogens (tertiary/aromatic N) is 2. The summed E-state index contributed by atoms with van der Waals surface area (Å²) in [4.78, 5) is 35.4. The van der Waals surface area contributed by atoms with Crippen molar-refractivity contribution in [1.29, 1.82) is 0 Å². The molecule has 0 saturated carbocycles. The average Bonchev–Trinajstić information content (AvgIpc) is 2.79. The Morgan fingerprint density at radius 3 is 1.50 bits per heavy atom. The zero-order valence-electron chi connectivity index (χ0n) is 18.3. The SMILES string of the molecule is CCSCC(CC(=O)CC(CSCC)c1ccccc1[N+](=O)[O-])c1ccccc1[N+](=O)[O-]. The lowest BCUT2D eigenvalue weighted by Gasteiger charge is -2.20. The predicted octanol–water partition coefficient (Wildman–Crippen LogP) is 6.23. The first-order valence-corrected chi connectivity index (χ1v) is 12.8. The van der Waals surface area contributed by atoms with Crippen LogP contribution >= 0.6 is 23.5 Å². The monoisotopic (exact) mass is 476 g/mol. The van der Waals surface area contributed by atoms with Crippen LogP contribution in [0, 0.1) is 20.2 Å². The highest BCUT2D eigenvalue weighted by molar-refractivity contribution is 7.99. The molecule has 0 radical (unpaired) electrons. The molecule has 0 spiro atoms. The second-order valence-corrected chi connectivity index (χ2v) is 9.93. The minimum atomic E-state index is -0.405. The van der Waals surface area contributed by atoms with Crippen molar-refractivity contribution < 1.29 is 14.6 Å². The smallest absolute Gasteiger partial charge is 0.272 e. The van der Waals surface area contributed by atoms with Crippen LogP contribution in [0.25, 0.3) is 0 Å². The molecular formula is C23H28N2O5S2. The summed E-state index contributed by atoms with van der Waals surface area (Å²) in [6.45, 7) is 4.02. The number of nitro groups is 2. The summed E-state index contributed by atoms with van der Waals surface area (Å²) >= 11 is 3.28. The van der Waals surface area contributed by atoms with Crippen molar-refractivity contribution in [3.63, 3.8) is 0 Å². The van der Waals surface area contributed by atoms with Crippen LogP contribution < -0.4 is 0 Å². The summed E-state index contributed by atoms with van der Waals surface area (Å²) in [7, 11) is 0. The van der Waals surface area contributed by atoms with Crippen LogP contribution in [0.3, 0.4) is 0 Å². The minimum Gasteiger partial charge on any atom is -0.300 e. The Bertz CT molecular complexity index is 865. The molecule has 0 N–H and O–H groups in total. The molecule has 172 valence electrons. The Hall–Kier alpha value is -2.39. The van der Waals surface area contributed by atoms with Gasteiger partial charge in [-0.2, -0.15) is 23.5 Å². The highest BCUT2D eigenvalue weighted by atomic mass is 32.2. The van der Waals surface area contributed by atoms with Crippen molar-refractivity contribution in [2.75, 3.05) is 23.0 Å². The van der Waals surface area contributed by atoms with Gasteiger partial charge in [0, 0.05) is 59.4 Å². The highest BCUT2D eigenvalue weighted by Crippen LogP contribution is 2.35. The van der Waals surface area contributed by atoms with Gasteiger partial charge >= 0.3 is 0 Å². The molecule has 9 heteroatoms. The summed E-state index contributed by atoms with van der Waals surface area (Å²) in [5, 5.41) is 23.0. The maximum atomic E-state index is 13.1. The van der Waals surface area contributed by atoms with Gasteiger partial charge in [0.15, 0.2) is 0 Å². The lowest BCUT2D eigenvalue weighted by Crippen LogP contribution is -2.16. The quantitative estimate of drug-likeness (QED) is 0.235. The Morgan fingerprint density at radius 1 is 0.781 bits per heavy atom. The molecule has 0 saturated heterocycles. The second kappa shape index (κ2) is 13.2. The fourth-order valence-corrected chi connectivity index (χ4v) is 5.30. The van der Waals surface area contributed by atoms with Crippen molar-refractivity contribution in [2.45, 2.75) is 38.5 Å². The first-order chi connectivity index (χ1) is 15.4. The molecular weight excluding hydrogens is 448 g/mol. The van der Waals surface area contributed by atoms with E-state index in [0.29, 0.717) is 22.6 Å². The number of nitro benzene ring substituents is 2. The number of Topliss-reactive ketones (excluding diaryl/α,β-unsaturated/α-hetero) is 1. The van der Waals surface area contributed by atoms with Gasteiger partial charge in [0.1, 0.15) is 5.78 Å². The third-order valence-corrected chi connectivity index (χ3v) is 7.23. The fourth-order valence-electron chi connectivity index (χ4n) is 3.67. The molecule has 0 aliphatic heterocycles. The van der Waals surface area contributed by atoms with E-state index in [2.05, 4.69) is 0 Å². The van der Waals surface area contributed by atoms with Crippen molar-refractivity contribution in [1.82, 2.24) is 0 Å². The van der Waals surface area contributed by atoms with E-state index in [-0.39, 0.29) is 41.8 Å². The van der Waals surface area contributed by atoms with E-state index in [9.17, 15) is 25.0 Å². The van der Waals surface area contributed by atoms with Crippen molar-refractivity contribution in [2.24, 2.45) is 0 Å². The van der Waals surface area contributed by atoms with E-state index in [1.807, 2.05) is 13.8 Å². The molecule has 2 aromatic rings. The van der Waals surface area contributed by atoms with E-state index in [4.69, 9.17) is 0 Å². The first-order valence-electron chi connectivity index (χ1n) is 10.5. The molecule has 2 atom stereocenters. The Labute approximate surface area is 196 Å². The van der Waals surface area contributed by atoms with E-state index in [1.165, 1.54) is 12.1 Å². The lowest BCUT2D eigenvalue weighted by atomic mass is 9.88. The Balaban J connectivity index is 2.28. The first kappa shape index (κ1) is 25.9. The van der Waals surface area contributed by atoms with Crippen LogP contribution in [0.5, 0.6) is 0 Å². The molecule has 7 nitrogen and oxygen atoms in total. The van der Waals surface area contributed by atoms with E-state index in [1.54, 1.807) is 59.9 Å². The van der Waals surface area contributed by atoms with E-state index < -0.39 is 9.85 Å². The number of para-hydroxylation sites is 2. The van der Waals surface area contributed by atoms with E-state index >= 15 is 0 Å². The van der Waals surface area contributed by atoms with Gasteiger partial charge in [0.25, 0.3) is 11.4 Å². The largest absolute Gasteiger partial charge is 0.300 e. The lowest BCUT2D eigenvalue weighted by molar-refractivity contribution is -0.385. The highest BCUT2D eigenvalue weighted by Gasteiger charge is 2.28. The predicted molar refractivity (Wildman–Crippen MR) is 132 cm³/mol. The third kappa shape index (κ3) is 7.34. The van der Waals surface area contributed by atoms with Crippen LogP contribution in [-0.4, -0.2) is 38.6 Å². The standard InChI is InChI=1S/C23H28N2O5S2/c1-3-31-15-17(20-9-5-7-11-22(20)24(27)28)13-19(26)14-18(16-32-4-2)21-10-6-8-12-23(21)25(29)30/h5-12,17-18H,3-4,13-16H2,1-2H3. The van der Waals surface area contributed by atoms with Crippen LogP contribution in [-0.2, 0) is 4.79 Å². The number of carbonyl (C=O) groups excluding carboxylic acids is 1. The topological polar surface area (TPSA) is 103 Å². The summed E-state index contributed by atoms with van der Waals surface area (Å²) in [5.41, 5.74) is 1.19. The van der Waals surface area contributed by atoms with Gasteiger partial charge in [-0.1, -0.05) is 50.2 Å². The van der Waals surface area contributed by atoms with Gasteiger partial charge in [-0.15, -0.1) is 0 Å². The number of benzene rings is 2. The Kier molecular flexibility index (Phi) is 10.7. The maximum absolute atomic E-state index is 13.1. The van der Waals surface area contributed by atoms with Crippen LogP contribution in [0.2, 0.25) is 0 Å². The second-order valence-electron chi connectivity index (χ2n) is 7.29. The van der Waals surface area contributed by atoms with Gasteiger partial charge in [-0.05, 0) is 11.5 Å². The third-order valence-electron chi connectivity index (χ3n) is 5.14. The number of rotatable bonds is 14. The Morgan fingerprint density at radius 2 is 1.16 bits per heavy atom. The molecule has 2 rings (SSSR count). The maximum Gasteiger partial charge on any atom is 0.272 e. The molecule has 2 aromatic carbocycles. The minimum absolute atomic E-state index is 0.0267. The number of ketones is 1. The van der Waals surface area contributed by atoms with Crippen molar-refractivity contribution in [3.8, 4) is 0 Å². The molecule has 0 heterocycles. The molecule has 0 aliphatic rings. The summed E-state index contributed by atoms with van der Waals surface area (Å²) < 4.78 is 0. The van der Waals surface area contributed by atoms with Crippen LogP contribution in [0.4, 0.5) is 11.4 Å². The van der Waals surface area contributed by atoms with Crippen molar-refractivity contribution >= 4 is 40.7 Å². The molecule has 0 bridgehead atoms. The molecule has 32 heavy (non-hydrogen) atoms. The number of carbonyl (C=O) groups is 1. The average molecular weight is 477 g/mol. The molecule has 0 aromatic heterocycles. The molecule has 0 aliphatic carbocycles. The summed E-state index contributed by atoms with van der Waals surface area (Å²) in [5.74, 6) is 2.30. The number of hydrogen-bond donors (Lipinski definition) is 0. The van der Waals surface area contributed by atoms with Gasteiger partial charge in [-0.25, -0.2) is 0 Å². The number of hydrogen-bond acceptors (Lipinski definition) is 7. The summed E-state index contributed by atoms with van der Waals surface area (Å²) in [6, 6.07) is 13.1. The number of thioether (sulfide) groups is 2. The van der Waals surface area contributed by atoms with Gasteiger partial charge < -0.3 is 0 Å². The van der Waals surface area contributed by atoms with Crippen LogP contribution in [0.1, 0.15) is 49.7 Å². The van der Waals surface area contributed by atoms with Gasteiger partial charge in [0.05, 0.1) is 9.85 Å². The molecule has 2 unspecified atom stereocenters. The normalized spacial score (nSPS) is 12.8. The van der Waals surface area contributed by atoms with Crippen molar-refractivity contribution in [3.05, 3.63) is 79.9 Å². The van der Waals surface area contributed by atoms with Gasteiger partial charge in [-0.3, -0.25) is 25.0 Å². The van der Waals surface area contributed by atoms with Gasteiger partial charge in [0.2, 0.25) is 0 Å². The summed E-state index contributed by atoms with van der Waals surface area (Å²) in [6.07, 6.45) is 0.345. The zero-order chi connectivity index (χ0) is 23.5. The molecule has 0 fully saturated rings. The molecule has 0 amide bonds. The fraction of sp³-hybridized carbons (Fsp3) is 0.435. The van der Waals surface area contributed by atoms with Crippen LogP contribution in [0.15, 0.2) is 48.5 Å².